The number of carbonyl (C=O) groups excluding carboxylic acids is 2. The predicted molar refractivity (Wildman–Crippen MR) is 67.4 cm³/mol. The lowest BCUT2D eigenvalue weighted by molar-refractivity contribution is -0.146. The van der Waals surface area contributed by atoms with E-state index in [0.717, 1.165) is 0 Å². The van der Waals surface area contributed by atoms with Gasteiger partial charge in [0, 0.05) is 6.42 Å². The molecule has 0 aliphatic heterocycles. The Hall–Kier alpha value is -1.33. The number of rotatable bonds is 3. The fraction of sp³-hybridized carbons (Fsp3) is 0.846. The van der Waals surface area contributed by atoms with E-state index in [-0.39, 0.29) is 6.42 Å². The Morgan fingerprint density at radius 1 is 1.32 bits per heavy atom. The second kappa shape index (κ2) is 4.65. The number of halogens is 1. The third kappa shape index (κ3) is 2.82. The van der Waals surface area contributed by atoms with Crippen LogP contribution in [-0.2, 0) is 14.3 Å². The van der Waals surface area contributed by atoms with E-state index in [4.69, 9.17) is 4.74 Å². The zero-order valence-electron chi connectivity index (χ0n) is 12.3. The summed E-state index contributed by atoms with van der Waals surface area (Å²) < 4.78 is 24.3. The average Bonchev–Trinajstić information content (AvgIpc) is 2.82. The van der Waals surface area contributed by atoms with E-state index in [0.29, 0.717) is 0 Å². The molecule has 19 heavy (non-hydrogen) atoms. The van der Waals surface area contributed by atoms with Crippen molar-refractivity contribution in [3.63, 3.8) is 0 Å². The van der Waals surface area contributed by atoms with Gasteiger partial charge in [-0.1, -0.05) is 13.8 Å². The largest absolute Gasteiger partial charge is 0.467 e. The van der Waals surface area contributed by atoms with Crippen LogP contribution in [-0.4, -0.2) is 36.0 Å². The second-order valence-corrected chi connectivity index (χ2v) is 6.22. The van der Waals surface area contributed by atoms with Crippen LogP contribution in [0.15, 0.2) is 0 Å². The van der Waals surface area contributed by atoms with E-state index < -0.39 is 34.8 Å². The Kier molecular flexibility index (Phi) is 3.85. The van der Waals surface area contributed by atoms with Gasteiger partial charge in [0.15, 0.2) is 5.54 Å². The first-order chi connectivity index (χ1) is 8.48. The molecule has 2 atom stereocenters. The highest BCUT2D eigenvalue weighted by molar-refractivity contribution is 5.92. The molecule has 6 heteroatoms. The second-order valence-electron chi connectivity index (χ2n) is 6.22. The van der Waals surface area contributed by atoms with Gasteiger partial charge < -0.3 is 14.8 Å². The number of alkyl halides is 1. The van der Waals surface area contributed by atoms with Crippen LogP contribution in [0.3, 0.4) is 0 Å². The van der Waals surface area contributed by atoms with Gasteiger partial charge in [-0.2, -0.15) is 0 Å². The molecule has 0 heterocycles. The summed E-state index contributed by atoms with van der Waals surface area (Å²) in [5, 5.41) is 2.34. The van der Waals surface area contributed by atoms with Gasteiger partial charge in [0.1, 0.15) is 11.3 Å². The van der Waals surface area contributed by atoms with Gasteiger partial charge in [0.2, 0.25) is 0 Å². The van der Waals surface area contributed by atoms with Crippen molar-refractivity contribution in [1.29, 1.82) is 0 Å². The van der Waals surface area contributed by atoms with Crippen molar-refractivity contribution in [2.45, 2.75) is 57.8 Å². The van der Waals surface area contributed by atoms with Crippen LogP contribution in [0.25, 0.3) is 0 Å². The van der Waals surface area contributed by atoms with Gasteiger partial charge in [0.05, 0.1) is 7.11 Å². The molecule has 0 saturated heterocycles. The van der Waals surface area contributed by atoms with Crippen molar-refractivity contribution in [3.8, 4) is 0 Å². The normalized spacial score (nSPS) is 29.9. The van der Waals surface area contributed by atoms with E-state index in [1.807, 2.05) is 0 Å². The molecule has 1 fully saturated rings. The van der Waals surface area contributed by atoms with Crippen molar-refractivity contribution in [3.05, 3.63) is 0 Å². The van der Waals surface area contributed by atoms with Crippen LogP contribution < -0.4 is 5.32 Å². The molecule has 110 valence electrons. The molecule has 1 aliphatic carbocycles. The Morgan fingerprint density at radius 3 is 2.16 bits per heavy atom. The smallest absolute Gasteiger partial charge is 0.408 e. The first-order valence-corrected chi connectivity index (χ1v) is 6.27. The quantitative estimate of drug-likeness (QED) is 0.802. The van der Waals surface area contributed by atoms with E-state index in [1.54, 1.807) is 34.6 Å². The molecular weight excluding hydrogens is 253 g/mol. The van der Waals surface area contributed by atoms with Crippen LogP contribution in [0.1, 0.15) is 41.0 Å². The summed E-state index contributed by atoms with van der Waals surface area (Å²) in [5.41, 5.74) is -4.14. The molecule has 0 aromatic heterocycles. The van der Waals surface area contributed by atoms with Crippen molar-refractivity contribution < 1.29 is 23.5 Å². The molecule has 1 saturated carbocycles. The molecule has 0 unspecified atom stereocenters. The molecule has 1 N–H and O–H groups in total. The molecule has 0 aromatic carbocycles. The van der Waals surface area contributed by atoms with Gasteiger partial charge in [-0.15, -0.1) is 0 Å². The Morgan fingerprint density at radius 2 is 1.84 bits per heavy atom. The first kappa shape index (κ1) is 15.7. The summed E-state index contributed by atoms with van der Waals surface area (Å²) in [7, 11) is 1.17. The maximum atomic E-state index is 14.6. The van der Waals surface area contributed by atoms with E-state index >= 15 is 0 Å². The molecule has 1 rings (SSSR count). The predicted octanol–water partition coefficient (Wildman–Crippen LogP) is 2.19. The highest BCUT2D eigenvalue weighted by Crippen LogP contribution is 2.56. The van der Waals surface area contributed by atoms with E-state index in [2.05, 4.69) is 10.1 Å². The van der Waals surface area contributed by atoms with E-state index in [9.17, 15) is 14.0 Å². The lowest BCUT2D eigenvalue weighted by Gasteiger charge is -2.25. The molecule has 5 nitrogen and oxygen atoms in total. The number of hydrogen-bond donors (Lipinski definition) is 1. The SMILES string of the molecule is COC(=O)[C@@]1(NC(=O)OC(C)(C)C)C[C@@]1(F)C(C)C. The molecule has 1 aliphatic rings. The Labute approximate surface area is 112 Å². The van der Waals surface area contributed by atoms with E-state index in [1.165, 1.54) is 7.11 Å². The number of nitrogens with one attached hydrogen (secondary N) is 1. The minimum Gasteiger partial charge on any atom is -0.467 e. The Bertz CT molecular complexity index is 391. The van der Waals surface area contributed by atoms with Crippen LogP contribution in [0.4, 0.5) is 9.18 Å². The van der Waals surface area contributed by atoms with Crippen LogP contribution in [0.2, 0.25) is 0 Å². The van der Waals surface area contributed by atoms with Gasteiger partial charge in [-0.3, -0.25) is 0 Å². The maximum absolute atomic E-state index is 14.6. The van der Waals surface area contributed by atoms with Crippen molar-refractivity contribution in [2.75, 3.05) is 7.11 Å². The monoisotopic (exact) mass is 275 g/mol. The van der Waals surface area contributed by atoms with Gasteiger partial charge in [0.25, 0.3) is 0 Å². The summed E-state index contributed by atoms with van der Waals surface area (Å²) in [6.45, 7) is 8.38. The summed E-state index contributed by atoms with van der Waals surface area (Å²) in [6, 6.07) is 0. The number of amides is 1. The van der Waals surface area contributed by atoms with Crippen LogP contribution in [0, 0.1) is 5.92 Å². The zero-order valence-corrected chi connectivity index (χ0v) is 12.3. The molecule has 0 bridgehead atoms. The molecule has 0 aromatic rings. The summed E-state index contributed by atoms with van der Waals surface area (Å²) >= 11 is 0. The Balaban J connectivity index is 2.87. The standard InChI is InChI=1S/C13H22FNO4/c1-8(2)12(14)7-13(12,9(16)18-6)15-10(17)19-11(3,4)5/h8H,7H2,1-6H3,(H,15,17)/t12-,13+/m1/s1. The van der Waals surface area contributed by atoms with Gasteiger partial charge in [-0.25, -0.2) is 14.0 Å². The minimum absolute atomic E-state index is 0.0937. The molecule has 1 amide bonds. The van der Waals surface area contributed by atoms with Crippen LogP contribution >= 0.6 is 0 Å². The fourth-order valence-corrected chi connectivity index (χ4v) is 2.13. The fourth-order valence-electron chi connectivity index (χ4n) is 2.13. The number of ether oxygens (including phenoxy) is 2. The minimum atomic E-state index is -1.79. The average molecular weight is 275 g/mol. The highest BCUT2D eigenvalue weighted by Gasteiger charge is 2.77. The van der Waals surface area contributed by atoms with Crippen molar-refractivity contribution >= 4 is 12.1 Å². The zero-order chi connectivity index (χ0) is 15.1. The first-order valence-electron chi connectivity index (χ1n) is 6.27. The van der Waals surface area contributed by atoms with Gasteiger partial charge >= 0.3 is 12.1 Å². The van der Waals surface area contributed by atoms with Crippen molar-refractivity contribution in [2.24, 2.45) is 5.92 Å². The number of esters is 1. The molecule has 0 spiro atoms. The number of hydrogen-bond acceptors (Lipinski definition) is 4. The molecular formula is C13H22FNO4. The third-order valence-electron chi connectivity index (χ3n) is 3.27. The van der Waals surface area contributed by atoms with Gasteiger partial charge in [-0.05, 0) is 26.7 Å². The topological polar surface area (TPSA) is 64.6 Å². The highest BCUT2D eigenvalue weighted by atomic mass is 19.1. The summed E-state index contributed by atoms with van der Waals surface area (Å²) in [4.78, 5) is 23.5. The van der Waals surface area contributed by atoms with Crippen LogP contribution in [0.5, 0.6) is 0 Å². The number of alkyl carbamates (subject to hydrolysis) is 1. The summed E-state index contributed by atoms with van der Waals surface area (Å²) in [6.07, 6.45) is -0.915. The third-order valence-corrected chi connectivity index (χ3v) is 3.27. The lowest BCUT2D eigenvalue weighted by Crippen LogP contribution is -2.51. The summed E-state index contributed by atoms with van der Waals surface area (Å²) in [5.74, 6) is -1.20. The maximum Gasteiger partial charge on any atom is 0.408 e. The lowest BCUT2D eigenvalue weighted by atomic mass is 10.0. The number of carbonyl (C=O) groups is 2. The van der Waals surface area contributed by atoms with Crippen molar-refractivity contribution in [1.82, 2.24) is 5.32 Å². The number of methoxy groups -OCH3 is 1. The molecule has 0 radical (unpaired) electrons.